The van der Waals surface area contributed by atoms with E-state index in [1.54, 1.807) is 24.3 Å². The molecule has 2 aliphatic rings. The van der Waals surface area contributed by atoms with Crippen molar-refractivity contribution in [1.82, 2.24) is 5.32 Å². The summed E-state index contributed by atoms with van der Waals surface area (Å²) in [6, 6.07) is 7.99. The lowest BCUT2D eigenvalue weighted by Crippen LogP contribution is -2.41. The number of amides is 2. The molecule has 0 aromatic heterocycles. The highest BCUT2D eigenvalue weighted by Crippen LogP contribution is 2.35. The van der Waals surface area contributed by atoms with Crippen LogP contribution in [0.15, 0.2) is 30.3 Å². The number of carbonyl (C=O) groups excluding carboxylic acids is 2. The summed E-state index contributed by atoms with van der Waals surface area (Å²) in [5.74, 6) is -3.28. The fourth-order valence-corrected chi connectivity index (χ4v) is 2.80. The Labute approximate surface area is 109 Å². The second-order valence-corrected chi connectivity index (χ2v) is 4.75. The van der Waals surface area contributed by atoms with Crippen LogP contribution in [-0.4, -0.2) is 35.5 Å². The molecule has 0 bridgehead atoms. The summed E-state index contributed by atoms with van der Waals surface area (Å²) < 4.78 is 0. The number of aliphatic carboxylic acids is 1. The molecule has 3 unspecified atom stereocenters. The highest BCUT2D eigenvalue weighted by molar-refractivity contribution is 6.13. The summed E-state index contributed by atoms with van der Waals surface area (Å²) in [5, 5.41) is 11.4. The molecular weight excluding hydrogens is 248 g/mol. The average molecular weight is 260 g/mol. The summed E-state index contributed by atoms with van der Waals surface area (Å²) in [4.78, 5) is 36.6. The van der Waals surface area contributed by atoms with Crippen molar-refractivity contribution in [3.05, 3.63) is 30.3 Å². The van der Waals surface area contributed by atoms with Gasteiger partial charge in [0, 0.05) is 18.2 Å². The van der Waals surface area contributed by atoms with E-state index in [9.17, 15) is 14.4 Å². The van der Waals surface area contributed by atoms with Gasteiger partial charge in [-0.1, -0.05) is 18.2 Å². The van der Waals surface area contributed by atoms with Crippen LogP contribution in [-0.2, 0) is 14.4 Å². The molecule has 2 saturated heterocycles. The zero-order valence-electron chi connectivity index (χ0n) is 9.95. The third-order valence-corrected chi connectivity index (χ3v) is 3.70. The third kappa shape index (κ3) is 1.68. The molecule has 0 aliphatic carbocycles. The van der Waals surface area contributed by atoms with E-state index in [1.165, 1.54) is 4.90 Å². The maximum absolute atomic E-state index is 12.2. The van der Waals surface area contributed by atoms with Crippen LogP contribution in [0.3, 0.4) is 0 Å². The first-order valence-electron chi connectivity index (χ1n) is 5.99. The average Bonchev–Trinajstić information content (AvgIpc) is 2.90. The van der Waals surface area contributed by atoms with E-state index in [4.69, 9.17) is 5.11 Å². The van der Waals surface area contributed by atoms with Crippen LogP contribution in [0.4, 0.5) is 5.69 Å². The lowest BCUT2D eigenvalue weighted by atomic mass is 9.93. The van der Waals surface area contributed by atoms with Crippen molar-refractivity contribution in [3.8, 4) is 0 Å². The van der Waals surface area contributed by atoms with Crippen LogP contribution in [0.2, 0.25) is 0 Å². The minimum absolute atomic E-state index is 0.253. The monoisotopic (exact) mass is 260 g/mol. The lowest BCUT2D eigenvalue weighted by Gasteiger charge is -2.19. The van der Waals surface area contributed by atoms with Gasteiger partial charge in [0.2, 0.25) is 11.8 Å². The zero-order valence-corrected chi connectivity index (χ0v) is 9.95. The smallest absolute Gasteiger partial charge is 0.326 e. The first-order valence-corrected chi connectivity index (χ1v) is 5.99. The van der Waals surface area contributed by atoms with Crippen molar-refractivity contribution in [2.75, 3.05) is 11.4 Å². The molecule has 0 saturated carbocycles. The Hall–Kier alpha value is -2.37. The fourth-order valence-electron chi connectivity index (χ4n) is 2.80. The van der Waals surface area contributed by atoms with Gasteiger partial charge >= 0.3 is 5.97 Å². The Morgan fingerprint density at radius 3 is 2.58 bits per heavy atom. The lowest BCUT2D eigenvalue weighted by molar-refractivity contribution is -0.140. The van der Waals surface area contributed by atoms with Crippen molar-refractivity contribution in [3.63, 3.8) is 0 Å². The molecule has 6 heteroatoms. The molecule has 19 heavy (non-hydrogen) atoms. The number of para-hydroxylation sites is 1. The van der Waals surface area contributed by atoms with Crippen LogP contribution in [0.25, 0.3) is 0 Å². The molecule has 3 rings (SSSR count). The Kier molecular flexibility index (Phi) is 2.51. The molecule has 2 fully saturated rings. The molecule has 2 heterocycles. The molecule has 6 nitrogen and oxygen atoms in total. The summed E-state index contributed by atoms with van der Waals surface area (Å²) in [6.45, 7) is 0.253. The zero-order chi connectivity index (χ0) is 13.6. The van der Waals surface area contributed by atoms with Crippen molar-refractivity contribution in [2.45, 2.75) is 6.04 Å². The molecule has 0 spiro atoms. The first kappa shape index (κ1) is 11.7. The van der Waals surface area contributed by atoms with Gasteiger partial charge in [-0.15, -0.1) is 0 Å². The number of carboxylic acids is 1. The Balaban J connectivity index is 1.93. The number of nitrogens with one attached hydrogen (secondary N) is 1. The predicted octanol–water partition coefficient (Wildman–Crippen LogP) is -0.151. The Morgan fingerprint density at radius 2 is 1.95 bits per heavy atom. The standard InChI is InChI=1S/C13H12N2O4/c16-11-9-8(10(14-11)13(18)19)6-15(12(9)17)7-4-2-1-3-5-7/h1-5,8-10H,6H2,(H,14,16)(H,18,19). The molecular formula is C13H12N2O4. The predicted molar refractivity (Wildman–Crippen MR) is 65.3 cm³/mol. The van der Waals surface area contributed by atoms with Gasteiger partial charge in [0.25, 0.3) is 0 Å². The second kappa shape index (κ2) is 4.08. The minimum atomic E-state index is -1.09. The number of rotatable bonds is 2. The van der Waals surface area contributed by atoms with E-state index in [1.807, 2.05) is 6.07 Å². The van der Waals surface area contributed by atoms with Crippen LogP contribution in [0, 0.1) is 11.8 Å². The van der Waals surface area contributed by atoms with E-state index in [-0.39, 0.29) is 12.5 Å². The molecule has 3 atom stereocenters. The SMILES string of the molecule is O=C(O)C1NC(=O)C2C(=O)N(c3ccccc3)CC12. The number of carboxylic acid groups (broad SMARTS) is 1. The second-order valence-electron chi connectivity index (χ2n) is 4.75. The molecule has 1 aromatic rings. The number of benzene rings is 1. The van der Waals surface area contributed by atoms with Crippen molar-refractivity contribution >= 4 is 23.5 Å². The molecule has 2 amide bonds. The van der Waals surface area contributed by atoms with Crippen LogP contribution in [0.5, 0.6) is 0 Å². The van der Waals surface area contributed by atoms with E-state index < -0.39 is 29.8 Å². The number of fused-ring (bicyclic) bond motifs is 1. The van der Waals surface area contributed by atoms with Crippen molar-refractivity contribution < 1.29 is 19.5 Å². The molecule has 1 aromatic carbocycles. The molecule has 0 radical (unpaired) electrons. The summed E-state index contributed by atoms with van der Waals surface area (Å²) in [5.41, 5.74) is 0.693. The molecule has 2 aliphatic heterocycles. The van der Waals surface area contributed by atoms with Crippen LogP contribution < -0.4 is 10.2 Å². The number of hydrogen-bond donors (Lipinski definition) is 2. The van der Waals surface area contributed by atoms with Gasteiger partial charge in [-0.2, -0.15) is 0 Å². The highest BCUT2D eigenvalue weighted by atomic mass is 16.4. The number of carbonyl (C=O) groups is 3. The van der Waals surface area contributed by atoms with E-state index in [0.29, 0.717) is 5.69 Å². The highest BCUT2D eigenvalue weighted by Gasteiger charge is 2.56. The van der Waals surface area contributed by atoms with Gasteiger partial charge < -0.3 is 15.3 Å². The van der Waals surface area contributed by atoms with Crippen LogP contribution >= 0.6 is 0 Å². The van der Waals surface area contributed by atoms with Gasteiger partial charge in [0.1, 0.15) is 12.0 Å². The quantitative estimate of drug-likeness (QED) is 0.724. The summed E-state index contributed by atoms with van der Waals surface area (Å²) in [7, 11) is 0. The van der Waals surface area contributed by atoms with Gasteiger partial charge in [-0.05, 0) is 12.1 Å². The topological polar surface area (TPSA) is 86.7 Å². The number of nitrogens with zero attached hydrogens (tertiary/aromatic N) is 1. The number of hydrogen-bond acceptors (Lipinski definition) is 3. The summed E-state index contributed by atoms with van der Waals surface area (Å²) >= 11 is 0. The fraction of sp³-hybridized carbons (Fsp3) is 0.308. The van der Waals surface area contributed by atoms with E-state index in [2.05, 4.69) is 5.32 Å². The van der Waals surface area contributed by atoms with Gasteiger partial charge in [0.05, 0.1) is 0 Å². The molecule has 98 valence electrons. The van der Waals surface area contributed by atoms with Crippen molar-refractivity contribution in [1.29, 1.82) is 0 Å². The first-order chi connectivity index (χ1) is 9.09. The maximum atomic E-state index is 12.2. The normalized spacial score (nSPS) is 29.3. The minimum Gasteiger partial charge on any atom is -0.480 e. The molecule has 2 N–H and O–H groups in total. The van der Waals surface area contributed by atoms with Gasteiger partial charge in [-0.3, -0.25) is 9.59 Å². The number of anilines is 1. The van der Waals surface area contributed by atoms with Gasteiger partial charge in [0.15, 0.2) is 0 Å². The Bertz CT molecular complexity index is 557. The summed E-state index contributed by atoms with van der Waals surface area (Å²) in [6.07, 6.45) is 0. The van der Waals surface area contributed by atoms with Gasteiger partial charge in [-0.25, -0.2) is 4.79 Å². The van der Waals surface area contributed by atoms with E-state index in [0.717, 1.165) is 0 Å². The Morgan fingerprint density at radius 1 is 1.26 bits per heavy atom. The van der Waals surface area contributed by atoms with Crippen molar-refractivity contribution in [2.24, 2.45) is 11.8 Å². The maximum Gasteiger partial charge on any atom is 0.326 e. The van der Waals surface area contributed by atoms with E-state index >= 15 is 0 Å². The third-order valence-electron chi connectivity index (χ3n) is 3.70. The van der Waals surface area contributed by atoms with Crippen LogP contribution in [0.1, 0.15) is 0 Å². The largest absolute Gasteiger partial charge is 0.480 e.